The summed E-state index contributed by atoms with van der Waals surface area (Å²) >= 11 is 0. The van der Waals surface area contributed by atoms with E-state index < -0.39 is 11.8 Å². The predicted molar refractivity (Wildman–Crippen MR) is 143 cm³/mol. The fourth-order valence-corrected chi connectivity index (χ4v) is 4.61. The number of nitrogen functional groups attached to an aromatic ring is 1. The van der Waals surface area contributed by atoms with Crippen molar-refractivity contribution in [2.75, 3.05) is 30.7 Å². The lowest BCUT2D eigenvalue weighted by Gasteiger charge is -2.35. The molecule has 7 heteroatoms. The minimum absolute atomic E-state index is 0.0846. The zero-order valence-electron chi connectivity index (χ0n) is 22.3. The molecule has 35 heavy (non-hydrogen) atoms. The third kappa shape index (κ3) is 6.47. The first-order valence-electron chi connectivity index (χ1n) is 12.5. The molecule has 1 aliphatic heterocycles. The van der Waals surface area contributed by atoms with Gasteiger partial charge in [-0.25, -0.2) is 0 Å². The van der Waals surface area contributed by atoms with Crippen LogP contribution >= 0.6 is 0 Å². The Hall–Kier alpha value is -2.77. The molecule has 5 N–H and O–H groups in total. The molecule has 1 unspecified atom stereocenters. The van der Waals surface area contributed by atoms with Crippen molar-refractivity contribution in [1.82, 2.24) is 10.2 Å². The second-order valence-corrected chi connectivity index (χ2v) is 10.4. The normalized spacial score (nSPS) is 16.1. The Morgan fingerprint density at radius 3 is 2.31 bits per heavy atom. The third-order valence-corrected chi connectivity index (χ3v) is 7.17. The van der Waals surface area contributed by atoms with Crippen LogP contribution in [-0.2, 0) is 4.79 Å². The number of benzene rings is 2. The number of aryl methyl sites for hydroxylation is 3. The Morgan fingerprint density at radius 1 is 1.11 bits per heavy atom. The van der Waals surface area contributed by atoms with Crippen molar-refractivity contribution in [2.24, 2.45) is 0 Å². The van der Waals surface area contributed by atoms with Crippen molar-refractivity contribution in [3.05, 3.63) is 52.1 Å². The monoisotopic (exact) mass is 482 g/mol. The minimum atomic E-state index is -1.01. The standard InChI is InChI=1S/C28H42N4O3/c1-17-9-8-10-18(2)26(17)31-24(33)16-32-13-11-22(12-14-32)30-27(34)28(6,7)35-23-15-19(3)25(29)21(5)20(23)4/h8-10,15,22,24,31,33H,11-14,16,29H2,1-7H3,(H,30,34). The topological polar surface area (TPSA) is 99.8 Å². The number of β-amino-alcohol motifs (C(OH)–C–C–N with tert-alkyl or cyclic N) is 1. The number of hydrogen-bond acceptors (Lipinski definition) is 6. The fraction of sp³-hybridized carbons (Fsp3) is 0.536. The van der Waals surface area contributed by atoms with Gasteiger partial charge in [-0.15, -0.1) is 0 Å². The van der Waals surface area contributed by atoms with Gasteiger partial charge in [-0.1, -0.05) is 18.2 Å². The number of rotatable bonds is 8. The highest BCUT2D eigenvalue weighted by atomic mass is 16.5. The summed E-state index contributed by atoms with van der Waals surface area (Å²) in [6.45, 7) is 15.7. The van der Waals surface area contributed by atoms with Crippen molar-refractivity contribution in [3.8, 4) is 5.75 Å². The molecule has 0 saturated carbocycles. The number of nitrogens with zero attached hydrogens (tertiary/aromatic N) is 1. The fourth-order valence-electron chi connectivity index (χ4n) is 4.61. The molecule has 1 atom stereocenters. The molecule has 0 aromatic heterocycles. The van der Waals surface area contributed by atoms with E-state index >= 15 is 0 Å². The Balaban J connectivity index is 1.50. The number of ether oxygens (including phenoxy) is 1. The SMILES string of the molecule is Cc1cc(OC(C)(C)C(=O)NC2CCN(CC(O)Nc3c(C)cccc3C)CC2)c(C)c(C)c1N. The molecule has 2 aromatic rings. The molecular weight excluding hydrogens is 440 g/mol. The zero-order chi connectivity index (χ0) is 25.9. The molecule has 0 aliphatic carbocycles. The van der Waals surface area contributed by atoms with E-state index in [-0.39, 0.29) is 11.9 Å². The molecule has 0 radical (unpaired) electrons. The van der Waals surface area contributed by atoms with E-state index in [9.17, 15) is 9.90 Å². The Morgan fingerprint density at radius 2 is 1.71 bits per heavy atom. The number of nitrogens with two attached hydrogens (primary N) is 1. The summed E-state index contributed by atoms with van der Waals surface area (Å²) in [5.41, 5.74) is 12.0. The predicted octanol–water partition coefficient (Wildman–Crippen LogP) is 3.98. The summed E-state index contributed by atoms with van der Waals surface area (Å²) in [6, 6.07) is 8.09. The van der Waals surface area contributed by atoms with Crippen LogP contribution < -0.4 is 21.1 Å². The quantitative estimate of drug-likeness (QED) is 0.336. The van der Waals surface area contributed by atoms with Crippen molar-refractivity contribution >= 4 is 17.3 Å². The van der Waals surface area contributed by atoms with Crippen LogP contribution in [0.15, 0.2) is 24.3 Å². The third-order valence-electron chi connectivity index (χ3n) is 7.17. The summed E-state index contributed by atoms with van der Waals surface area (Å²) in [4.78, 5) is 15.3. The molecule has 1 amide bonds. The number of piperidine rings is 1. The largest absolute Gasteiger partial charge is 0.478 e. The molecule has 1 heterocycles. The van der Waals surface area contributed by atoms with Gasteiger partial charge in [-0.2, -0.15) is 0 Å². The highest BCUT2D eigenvalue weighted by molar-refractivity contribution is 5.85. The van der Waals surface area contributed by atoms with E-state index in [4.69, 9.17) is 10.5 Å². The van der Waals surface area contributed by atoms with Gasteiger partial charge in [0.25, 0.3) is 5.91 Å². The van der Waals surface area contributed by atoms with Gasteiger partial charge in [-0.3, -0.25) is 9.69 Å². The average Bonchev–Trinajstić information content (AvgIpc) is 2.79. The summed E-state index contributed by atoms with van der Waals surface area (Å²) in [7, 11) is 0. The highest BCUT2D eigenvalue weighted by Gasteiger charge is 2.33. The van der Waals surface area contributed by atoms with E-state index in [0.717, 1.165) is 65.1 Å². The van der Waals surface area contributed by atoms with Crippen LogP contribution in [0.1, 0.15) is 54.5 Å². The van der Waals surface area contributed by atoms with Gasteiger partial charge in [0.15, 0.2) is 5.60 Å². The van der Waals surface area contributed by atoms with E-state index in [0.29, 0.717) is 12.3 Å². The van der Waals surface area contributed by atoms with Gasteiger partial charge in [0.1, 0.15) is 12.0 Å². The van der Waals surface area contributed by atoms with E-state index in [1.807, 2.05) is 58.9 Å². The smallest absolute Gasteiger partial charge is 0.263 e. The molecule has 2 aromatic carbocycles. The van der Waals surface area contributed by atoms with Crippen LogP contribution in [0.25, 0.3) is 0 Å². The van der Waals surface area contributed by atoms with Crippen molar-refractivity contribution < 1.29 is 14.6 Å². The second-order valence-electron chi connectivity index (χ2n) is 10.4. The van der Waals surface area contributed by atoms with Gasteiger partial charge in [0, 0.05) is 37.1 Å². The molecule has 0 spiro atoms. The average molecular weight is 483 g/mol. The van der Waals surface area contributed by atoms with E-state index in [2.05, 4.69) is 15.5 Å². The Labute approximate surface area is 210 Å². The lowest BCUT2D eigenvalue weighted by atomic mass is 10.0. The summed E-state index contributed by atoms with van der Waals surface area (Å²) < 4.78 is 6.18. The van der Waals surface area contributed by atoms with Crippen molar-refractivity contribution in [1.29, 1.82) is 0 Å². The zero-order valence-corrected chi connectivity index (χ0v) is 22.3. The number of aliphatic hydroxyl groups excluding tert-OH is 1. The lowest BCUT2D eigenvalue weighted by molar-refractivity contribution is -0.135. The number of para-hydroxylation sites is 1. The van der Waals surface area contributed by atoms with Gasteiger partial charge in [-0.05, 0) is 95.2 Å². The number of anilines is 2. The minimum Gasteiger partial charge on any atom is -0.478 e. The van der Waals surface area contributed by atoms with E-state index in [1.54, 1.807) is 13.8 Å². The Bertz CT molecular complexity index is 1040. The summed E-state index contributed by atoms with van der Waals surface area (Å²) in [5, 5.41) is 17.0. The number of amides is 1. The van der Waals surface area contributed by atoms with Crippen LogP contribution in [0.2, 0.25) is 0 Å². The molecule has 1 fully saturated rings. The molecule has 192 valence electrons. The number of nitrogens with one attached hydrogen (secondary N) is 2. The summed E-state index contributed by atoms with van der Waals surface area (Å²) in [6.07, 6.45) is 1.01. The molecule has 7 nitrogen and oxygen atoms in total. The summed E-state index contributed by atoms with van der Waals surface area (Å²) in [5.74, 6) is 0.564. The first kappa shape index (κ1) is 26.8. The molecular formula is C28H42N4O3. The van der Waals surface area contributed by atoms with Gasteiger partial charge in [0.2, 0.25) is 0 Å². The molecule has 0 bridgehead atoms. The van der Waals surface area contributed by atoms with Gasteiger partial charge in [0.05, 0.1) is 0 Å². The van der Waals surface area contributed by atoms with E-state index in [1.165, 1.54) is 0 Å². The molecule has 3 rings (SSSR count). The van der Waals surface area contributed by atoms with Crippen LogP contribution in [0, 0.1) is 34.6 Å². The number of carbonyl (C=O) groups is 1. The maximum atomic E-state index is 13.1. The maximum Gasteiger partial charge on any atom is 0.263 e. The van der Waals surface area contributed by atoms with Crippen LogP contribution in [0.3, 0.4) is 0 Å². The van der Waals surface area contributed by atoms with Crippen molar-refractivity contribution in [2.45, 2.75) is 79.2 Å². The van der Waals surface area contributed by atoms with Crippen LogP contribution in [-0.4, -0.2) is 53.4 Å². The maximum absolute atomic E-state index is 13.1. The number of hydrogen-bond donors (Lipinski definition) is 4. The first-order chi connectivity index (χ1) is 16.4. The van der Waals surface area contributed by atoms with Gasteiger partial charge >= 0.3 is 0 Å². The van der Waals surface area contributed by atoms with Crippen LogP contribution in [0.5, 0.6) is 5.75 Å². The number of likely N-dealkylation sites (tertiary alicyclic amines) is 1. The van der Waals surface area contributed by atoms with Crippen LogP contribution in [0.4, 0.5) is 11.4 Å². The first-order valence-corrected chi connectivity index (χ1v) is 12.5. The molecule has 1 saturated heterocycles. The second kappa shape index (κ2) is 10.9. The highest BCUT2D eigenvalue weighted by Crippen LogP contribution is 2.32. The van der Waals surface area contributed by atoms with Gasteiger partial charge < -0.3 is 26.2 Å². The number of carbonyl (C=O) groups excluding carboxylic acids is 1. The lowest BCUT2D eigenvalue weighted by Crippen LogP contribution is -2.53. The number of aliphatic hydroxyl groups is 1. The molecule has 1 aliphatic rings. The Kier molecular flexibility index (Phi) is 8.34. The van der Waals surface area contributed by atoms with Crippen molar-refractivity contribution in [3.63, 3.8) is 0 Å².